The molecule has 1 aromatic heterocycles. The lowest BCUT2D eigenvalue weighted by Crippen LogP contribution is -2.42. The number of rotatable bonds is 8. The minimum absolute atomic E-state index is 0.0215. The zero-order valence-corrected chi connectivity index (χ0v) is 15.8. The number of aromatic nitrogens is 2. The van der Waals surface area contributed by atoms with Crippen LogP contribution < -0.4 is 5.32 Å². The number of nitrogens with one attached hydrogen (secondary N) is 1. The first-order chi connectivity index (χ1) is 10.9. The van der Waals surface area contributed by atoms with Crippen molar-refractivity contribution in [1.29, 1.82) is 0 Å². The van der Waals surface area contributed by atoms with Crippen LogP contribution in [0.4, 0.5) is 5.13 Å². The van der Waals surface area contributed by atoms with Crippen LogP contribution in [-0.4, -0.2) is 66.3 Å². The van der Waals surface area contributed by atoms with Crippen molar-refractivity contribution in [3.05, 3.63) is 0 Å². The number of nitrogens with zero attached hydrogens (tertiary/aromatic N) is 3. The highest BCUT2D eigenvalue weighted by atomic mass is 32.2. The minimum atomic E-state index is -3.00. The quantitative estimate of drug-likeness (QED) is 0.685. The first kappa shape index (κ1) is 18.5. The number of hydrogen-bond acceptors (Lipinski definition) is 8. The molecule has 0 aliphatic carbocycles. The molecule has 7 nitrogen and oxygen atoms in total. The van der Waals surface area contributed by atoms with Crippen LogP contribution in [0.2, 0.25) is 0 Å². The Kier molecular flexibility index (Phi) is 6.66. The monoisotopic (exact) mass is 378 g/mol. The minimum Gasteiger partial charge on any atom is -0.363 e. The smallest absolute Gasteiger partial charge is 0.233 e. The van der Waals surface area contributed by atoms with Crippen LogP contribution in [0.1, 0.15) is 26.2 Å². The summed E-state index contributed by atoms with van der Waals surface area (Å²) in [7, 11) is -1.22. The van der Waals surface area contributed by atoms with E-state index >= 15 is 0 Å². The molecule has 1 aliphatic heterocycles. The van der Waals surface area contributed by atoms with Gasteiger partial charge in [0, 0.05) is 19.6 Å². The van der Waals surface area contributed by atoms with E-state index in [4.69, 9.17) is 0 Å². The maximum Gasteiger partial charge on any atom is 0.233 e. The Morgan fingerprint density at radius 2 is 2.26 bits per heavy atom. The van der Waals surface area contributed by atoms with Gasteiger partial charge in [-0.15, -0.1) is 10.2 Å². The second kappa shape index (κ2) is 8.29. The lowest BCUT2D eigenvalue weighted by atomic mass is 10.2. The van der Waals surface area contributed by atoms with Crippen molar-refractivity contribution < 1.29 is 13.2 Å². The highest BCUT2D eigenvalue weighted by Crippen LogP contribution is 2.26. The largest absolute Gasteiger partial charge is 0.363 e. The van der Waals surface area contributed by atoms with Gasteiger partial charge in [-0.2, -0.15) is 0 Å². The van der Waals surface area contributed by atoms with Crippen molar-refractivity contribution in [2.24, 2.45) is 0 Å². The van der Waals surface area contributed by atoms with Crippen molar-refractivity contribution in [2.45, 2.75) is 36.6 Å². The Bertz CT molecular complexity index is 632. The Morgan fingerprint density at radius 3 is 2.83 bits per heavy atom. The average Bonchev–Trinajstić information content (AvgIpc) is 3.11. The van der Waals surface area contributed by atoms with E-state index in [0.717, 1.165) is 17.2 Å². The van der Waals surface area contributed by atoms with Gasteiger partial charge in [-0.05, 0) is 12.8 Å². The van der Waals surface area contributed by atoms with Crippen LogP contribution in [0, 0.1) is 0 Å². The molecule has 0 aromatic carbocycles. The lowest BCUT2D eigenvalue weighted by molar-refractivity contribution is -0.130. The molecule has 0 spiro atoms. The van der Waals surface area contributed by atoms with Crippen molar-refractivity contribution in [3.8, 4) is 0 Å². The summed E-state index contributed by atoms with van der Waals surface area (Å²) < 4.78 is 24.1. The van der Waals surface area contributed by atoms with Gasteiger partial charge in [0.25, 0.3) is 0 Å². The molecule has 1 amide bonds. The molecule has 1 unspecified atom stereocenters. The van der Waals surface area contributed by atoms with Gasteiger partial charge >= 0.3 is 0 Å². The molecule has 0 bridgehead atoms. The average molecular weight is 379 g/mol. The first-order valence-electron chi connectivity index (χ1n) is 7.59. The zero-order valence-electron chi connectivity index (χ0n) is 13.3. The fraction of sp³-hybridized carbons (Fsp3) is 0.769. The van der Waals surface area contributed by atoms with Crippen molar-refractivity contribution in [3.63, 3.8) is 0 Å². The standard InChI is InChI=1S/C13H22N4O3S3/c1-3-4-6-17(10-5-7-23(19,20)9-10)11(18)8-21-13-16-15-12(14-2)22-13/h10H,3-9H2,1-2H3,(H,14,15). The number of carbonyl (C=O) groups excluding carboxylic acids is 1. The van der Waals surface area contributed by atoms with Gasteiger partial charge in [0.1, 0.15) is 0 Å². The van der Waals surface area contributed by atoms with Gasteiger partial charge in [0.2, 0.25) is 11.0 Å². The number of carbonyl (C=O) groups is 1. The zero-order chi connectivity index (χ0) is 16.9. The predicted molar refractivity (Wildman–Crippen MR) is 93.9 cm³/mol. The van der Waals surface area contributed by atoms with Crippen LogP contribution in [0.15, 0.2) is 4.34 Å². The predicted octanol–water partition coefficient (Wildman–Crippen LogP) is 1.49. The summed E-state index contributed by atoms with van der Waals surface area (Å²) in [6.45, 7) is 2.68. The Labute approximate surface area is 145 Å². The lowest BCUT2D eigenvalue weighted by Gasteiger charge is -2.28. The van der Waals surface area contributed by atoms with Gasteiger partial charge in [-0.1, -0.05) is 36.4 Å². The molecule has 1 aliphatic rings. The second-order valence-electron chi connectivity index (χ2n) is 5.41. The van der Waals surface area contributed by atoms with Crippen LogP contribution >= 0.6 is 23.1 Å². The Morgan fingerprint density at radius 1 is 1.48 bits per heavy atom. The molecule has 1 N–H and O–H groups in total. The highest BCUT2D eigenvalue weighted by molar-refractivity contribution is 8.01. The van der Waals surface area contributed by atoms with Crippen molar-refractivity contribution in [1.82, 2.24) is 15.1 Å². The van der Waals surface area contributed by atoms with Gasteiger partial charge in [0.05, 0.1) is 17.3 Å². The van der Waals surface area contributed by atoms with E-state index in [2.05, 4.69) is 22.4 Å². The molecule has 1 aromatic rings. The van der Waals surface area contributed by atoms with E-state index < -0.39 is 9.84 Å². The molecule has 2 rings (SSSR count). The van der Waals surface area contributed by atoms with Gasteiger partial charge < -0.3 is 10.2 Å². The van der Waals surface area contributed by atoms with E-state index in [1.807, 2.05) is 0 Å². The van der Waals surface area contributed by atoms with Gasteiger partial charge in [0.15, 0.2) is 14.2 Å². The van der Waals surface area contributed by atoms with E-state index in [-0.39, 0.29) is 29.2 Å². The molecule has 10 heteroatoms. The highest BCUT2D eigenvalue weighted by Gasteiger charge is 2.34. The third-order valence-electron chi connectivity index (χ3n) is 3.66. The van der Waals surface area contributed by atoms with Crippen LogP contribution in [0.25, 0.3) is 0 Å². The van der Waals surface area contributed by atoms with Crippen molar-refractivity contribution >= 4 is 44.0 Å². The number of amides is 1. The van der Waals surface area contributed by atoms with E-state index in [9.17, 15) is 13.2 Å². The molecule has 1 atom stereocenters. The third-order valence-corrected chi connectivity index (χ3v) is 7.47. The SMILES string of the molecule is CCCCN(C(=O)CSc1nnc(NC)s1)C1CCS(=O)(=O)C1. The van der Waals surface area contributed by atoms with Crippen molar-refractivity contribution in [2.75, 3.05) is 36.2 Å². The Balaban J connectivity index is 1.96. The fourth-order valence-corrected chi connectivity index (χ4v) is 5.76. The summed E-state index contributed by atoms with van der Waals surface area (Å²) in [4.78, 5) is 14.3. The topological polar surface area (TPSA) is 92.3 Å². The summed E-state index contributed by atoms with van der Waals surface area (Å²) in [6, 6.07) is -0.179. The molecule has 2 heterocycles. The van der Waals surface area contributed by atoms with E-state index in [0.29, 0.717) is 18.1 Å². The van der Waals surface area contributed by atoms with Crippen LogP contribution in [0.5, 0.6) is 0 Å². The number of sulfone groups is 1. The van der Waals surface area contributed by atoms with Crippen LogP contribution in [0.3, 0.4) is 0 Å². The first-order valence-corrected chi connectivity index (χ1v) is 11.2. The van der Waals surface area contributed by atoms with Gasteiger partial charge in [-0.25, -0.2) is 8.42 Å². The molecular formula is C13H22N4O3S3. The molecule has 130 valence electrons. The summed E-state index contributed by atoms with van der Waals surface area (Å²) in [5, 5.41) is 11.6. The second-order valence-corrected chi connectivity index (χ2v) is 9.84. The molecule has 1 saturated heterocycles. The number of anilines is 1. The normalized spacial score (nSPS) is 19.7. The van der Waals surface area contributed by atoms with Gasteiger partial charge in [-0.3, -0.25) is 4.79 Å². The maximum atomic E-state index is 12.5. The van der Waals surface area contributed by atoms with Crippen LogP contribution in [-0.2, 0) is 14.6 Å². The fourth-order valence-electron chi connectivity index (χ4n) is 2.44. The molecule has 1 fully saturated rings. The summed E-state index contributed by atoms with van der Waals surface area (Å²) in [5.41, 5.74) is 0. The van der Waals surface area contributed by atoms with E-state index in [1.165, 1.54) is 23.1 Å². The molecule has 0 radical (unpaired) electrons. The molecule has 23 heavy (non-hydrogen) atoms. The third kappa shape index (κ3) is 5.32. The molecular weight excluding hydrogens is 356 g/mol. The van der Waals surface area contributed by atoms with E-state index in [1.54, 1.807) is 11.9 Å². The number of thioether (sulfide) groups is 1. The molecule has 0 saturated carbocycles. The number of hydrogen-bond donors (Lipinski definition) is 1. The Hall–Kier alpha value is -0.870. The maximum absolute atomic E-state index is 12.5. The summed E-state index contributed by atoms with van der Waals surface area (Å²) in [5.74, 6) is 0.517. The summed E-state index contributed by atoms with van der Waals surface area (Å²) in [6.07, 6.45) is 2.40. The summed E-state index contributed by atoms with van der Waals surface area (Å²) >= 11 is 2.75. The number of unbranched alkanes of at least 4 members (excludes halogenated alkanes) is 1.